The molecule has 9 aromatic carbocycles. The molecule has 0 aromatic heterocycles. The van der Waals surface area contributed by atoms with Gasteiger partial charge in [0.15, 0.2) is 69.8 Å². The molecule has 0 N–H and O–H groups in total. The van der Waals surface area contributed by atoms with Crippen molar-refractivity contribution in [3.05, 3.63) is 215 Å². The van der Waals surface area contributed by atoms with Gasteiger partial charge in [-0.1, -0.05) is 146 Å². The molecule has 0 saturated carbocycles. The van der Waals surface area contributed by atoms with Crippen molar-refractivity contribution >= 4 is 0 Å². The van der Waals surface area contributed by atoms with Gasteiger partial charge in [0.1, 0.15) is 0 Å². The molecule has 0 atom stereocenters. The molecule has 0 amide bonds. The van der Waals surface area contributed by atoms with Crippen molar-refractivity contribution < 1.29 is 52.7 Å². The van der Waals surface area contributed by atoms with Gasteiger partial charge in [-0.25, -0.2) is 52.7 Å². The molecule has 0 fully saturated rings. The van der Waals surface area contributed by atoms with Gasteiger partial charge in [-0.05, 0) is 66.8 Å². The van der Waals surface area contributed by atoms with Crippen LogP contribution >= 0.6 is 0 Å². The van der Waals surface area contributed by atoms with E-state index in [0.29, 0.717) is 33.4 Å². The fourth-order valence-corrected chi connectivity index (χ4v) is 8.39. The summed E-state index contributed by atoms with van der Waals surface area (Å²) in [5.74, 6) is -20.2. The van der Waals surface area contributed by atoms with E-state index in [0.717, 1.165) is 0 Å². The highest BCUT2D eigenvalue weighted by Crippen LogP contribution is 2.42. The fourth-order valence-electron chi connectivity index (χ4n) is 8.39. The van der Waals surface area contributed by atoms with E-state index in [1.54, 1.807) is 0 Å². The van der Waals surface area contributed by atoms with Crippen LogP contribution in [-0.2, 0) is 0 Å². The smallest absolute Gasteiger partial charge is 0.170 e. The largest absolute Gasteiger partial charge is 0.203 e. The lowest BCUT2D eigenvalue weighted by Gasteiger charge is -2.15. The van der Waals surface area contributed by atoms with Crippen LogP contribution in [0.4, 0.5) is 52.7 Å². The summed E-state index contributed by atoms with van der Waals surface area (Å²) in [5, 5.41) is 0. The number of benzene rings is 9. The minimum absolute atomic E-state index is 0.235. The molecule has 9 aromatic rings. The molecule has 66 heavy (non-hydrogen) atoms. The van der Waals surface area contributed by atoms with E-state index in [-0.39, 0.29) is 33.4 Å². The molecule has 0 saturated heterocycles. The maximum Gasteiger partial charge on any atom is 0.170 e. The van der Waals surface area contributed by atoms with Gasteiger partial charge in [-0.3, -0.25) is 0 Å². The minimum Gasteiger partial charge on any atom is -0.203 e. The Morgan fingerprint density at radius 2 is 0.197 bits per heavy atom. The first-order valence-corrected chi connectivity index (χ1v) is 19.9. The summed E-state index contributed by atoms with van der Waals surface area (Å²) in [6.45, 7) is 0. The van der Waals surface area contributed by atoms with Crippen LogP contribution in [0.25, 0.3) is 100 Å². The van der Waals surface area contributed by atoms with Gasteiger partial charge in [0.2, 0.25) is 0 Å². The highest BCUT2D eigenvalue weighted by atomic mass is 19.2. The topological polar surface area (TPSA) is 0 Å². The third-order valence-corrected chi connectivity index (χ3v) is 11.8. The Morgan fingerprint density at radius 1 is 0.121 bits per heavy atom. The van der Waals surface area contributed by atoms with Crippen LogP contribution in [0.2, 0.25) is 0 Å². The molecule has 25 aliphatic rings. The van der Waals surface area contributed by atoms with Crippen LogP contribution in [0.15, 0.2) is 146 Å². The average molecular weight is 901 g/mol. The molecule has 0 spiro atoms. The molecule has 0 nitrogen and oxygen atoms in total. The summed E-state index contributed by atoms with van der Waals surface area (Å²) in [4.78, 5) is 0. The molecule has 0 unspecified atom stereocenters. The van der Waals surface area contributed by atoms with Gasteiger partial charge in [0.25, 0.3) is 0 Å². The summed E-state index contributed by atoms with van der Waals surface area (Å²) in [7, 11) is 0. The maximum absolute atomic E-state index is 15.7. The average Bonchev–Trinajstić information content (AvgIpc) is 3.34. The lowest BCUT2D eigenvalue weighted by Crippen LogP contribution is -2.04. The zero-order chi connectivity index (χ0) is 46.3. The lowest BCUT2D eigenvalue weighted by molar-refractivity contribution is 0.463. The summed E-state index contributed by atoms with van der Waals surface area (Å²) in [6.07, 6.45) is 0. The van der Waals surface area contributed by atoms with Gasteiger partial charge in [-0.2, -0.15) is 0 Å². The molecule has 18 bridgehead atoms. The minimum atomic E-state index is -1.69. The molecular weight excluding hydrogens is 877 g/mol. The van der Waals surface area contributed by atoms with E-state index in [1.807, 2.05) is 0 Å². The quantitative estimate of drug-likeness (QED) is 0.105. The number of rotatable bonds is 0. The van der Waals surface area contributed by atoms with Crippen LogP contribution in [0.3, 0.4) is 0 Å². The van der Waals surface area contributed by atoms with E-state index >= 15 is 52.7 Å². The number of halogens is 12. The van der Waals surface area contributed by atoms with Crippen LogP contribution in [0, 0.1) is 69.8 Å². The van der Waals surface area contributed by atoms with E-state index in [2.05, 4.69) is 0 Å². The van der Waals surface area contributed by atoms with Gasteiger partial charge >= 0.3 is 0 Å². The van der Waals surface area contributed by atoms with Crippen molar-refractivity contribution in [3.63, 3.8) is 0 Å². The van der Waals surface area contributed by atoms with Crippen LogP contribution in [0.1, 0.15) is 0 Å². The standard InChI is InChI=1S/C54H24F12/c55-43-37-31-13-1-25(2-14-31)26-3-15-32(16-4-26)38-47(59)49(61)40(50(62)48(38)60)34-19-7-29(8-20-34)30-11-23-36(24-12-30)42-53(65)51(63)41(52(64)54(42)66)35-21-9-28(10-22-35)27-5-17-33(18-6-27)39(45(43)57)46(58)44(37)56/h1-24H. The Balaban J connectivity index is 1.10. The Morgan fingerprint density at radius 3 is 0.288 bits per heavy atom. The van der Waals surface area contributed by atoms with Crippen molar-refractivity contribution in [2.75, 3.05) is 0 Å². The van der Waals surface area contributed by atoms with Crippen molar-refractivity contribution in [2.45, 2.75) is 0 Å². The van der Waals surface area contributed by atoms with Gasteiger partial charge in [-0.15, -0.1) is 0 Å². The van der Waals surface area contributed by atoms with E-state index in [4.69, 9.17) is 0 Å². The Kier molecular flexibility index (Phi) is 10.2. The van der Waals surface area contributed by atoms with Crippen molar-refractivity contribution in [3.8, 4) is 100 Å². The molecule has 25 aliphatic carbocycles. The predicted octanol–water partition coefficient (Wildman–Crippen LogP) is 16.7. The van der Waals surface area contributed by atoms with E-state index < -0.39 is 103 Å². The van der Waals surface area contributed by atoms with Crippen LogP contribution < -0.4 is 0 Å². The first-order chi connectivity index (χ1) is 31.7. The third-order valence-electron chi connectivity index (χ3n) is 11.8. The second-order valence-corrected chi connectivity index (χ2v) is 15.5. The molecule has 0 radical (unpaired) electrons. The third kappa shape index (κ3) is 6.66. The fraction of sp³-hybridized carbons (Fsp3) is 0. The summed E-state index contributed by atoms with van der Waals surface area (Å²) >= 11 is 0. The molecule has 324 valence electrons. The predicted molar refractivity (Wildman–Crippen MR) is 228 cm³/mol. The highest BCUT2D eigenvalue weighted by molar-refractivity contribution is 5.81. The Labute approximate surface area is 367 Å². The summed E-state index contributed by atoms with van der Waals surface area (Å²) < 4.78 is 188. The van der Waals surface area contributed by atoms with Gasteiger partial charge in [0.05, 0.1) is 33.4 Å². The first kappa shape index (κ1) is 42.1. The van der Waals surface area contributed by atoms with Crippen LogP contribution in [-0.4, -0.2) is 0 Å². The van der Waals surface area contributed by atoms with Crippen LogP contribution in [0.5, 0.6) is 0 Å². The Hall–Kier alpha value is -7.86. The van der Waals surface area contributed by atoms with E-state index in [1.165, 1.54) is 146 Å². The van der Waals surface area contributed by atoms with E-state index in [9.17, 15) is 0 Å². The SMILES string of the molecule is Fc1c(F)c2c(F)c(F)c1-c1ccc(cc1)-c1ccc(cc1)-c1c(F)c(F)c(c(F)c1F)-c1ccc(cc1)-c1ccc(cc1)-c1c(F)c(F)c(c(F)c1F)-c1ccc(cc1)-c1ccc-2cc1. The molecule has 0 heterocycles. The van der Waals surface area contributed by atoms with Crippen molar-refractivity contribution in [2.24, 2.45) is 0 Å². The second kappa shape index (κ2) is 16.0. The lowest BCUT2D eigenvalue weighted by atomic mass is 9.93. The summed E-state index contributed by atoms with van der Waals surface area (Å²) in [6, 6.07) is 31.0. The highest BCUT2D eigenvalue weighted by Gasteiger charge is 2.30. The van der Waals surface area contributed by atoms with Crippen molar-refractivity contribution in [1.29, 1.82) is 0 Å². The second-order valence-electron chi connectivity index (χ2n) is 15.5. The number of hydrogen-bond acceptors (Lipinski definition) is 0. The Bertz CT molecular complexity index is 2730. The normalized spacial score (nSPS) is 11.6. The zero-order valence-electron chi connectivity index (χ0n) is 33.4. The molecular formula is C54H24F12. The maximum atomic E-state index is 15.7. The van der Waals surface area contributed by atoms with Gasteiger partial charge in [0, 0.05) is 0 Å². The van der Waals surface area contributed by atoms with Gasteiger partial charge < -0.3 is 0 Å². The number of hydrogen-bond donors (Lipinski definition) is 0. The molecule has 0 aliphatic heterocycles. The molecule has 34 rings (SSSR count). The van der Waals surface area contributed by atoms with Crippen molar-refractivity contribution in [1.82, 2.24) is 0 Å². The zero-order valence-corrected chi connectivity index (χ0v) is 33.4. The summed E-state index contributed by atoms with van der Waals surface area (Å²) in [5.41, 5.74) is -4.99. The first-order valence-electron chi connectivity index (χ1n) is 19.9. The monoisotopic (exact) mass is 900 g/mol. The molecule has 12 heteroatoms.